The van der Waals surface area contributed by atoms with Gasteiger partial charge in [-0.3, -0.25) is 4.68 Å². The molecule has 0 amide bonds. The van der Waals surface area contributed by atoms with Crippen molar-refractivity contribution in [1.29, 1.82) is 0 Å². The first-order valence-electron chi connectivity index (χ1n) is 9.46. The van der Waals surface area contributed by atoms with E-state index < -0.39 is 0 Å². The van der Waals surface area contributed by atoms with E-state index in [9.17, 15) is 4.39 Å². The first-order chi connectivity index (χ1) is 14.4. The lowest BCUT2D eigenvalue weighted by Gasteiger charge is -2.13. The lowest BCUT2D eigenvalue weighted by molar-refractivity contribution is 0.579. The molecule has 4 nitrogen and oxygen atoms in total. The van der Waals surface area contributed by atoms with Gasteiger partial charge in [0, 0.05) is 21.7 Å². The summed E-state index contributed by atoms with van der Waals surface area (Å²) >= 11 is 11.7. The Kier molecular flexibility index (Phi) is 5.70. The molecule has 0 aliphatic rings. The number of aryl methyl sites for hydroxylation is 1. The predicted octanol–water partition coefficient (Wildman–Crippen LogP) is 6.30. The summed E-state index contributed by atoms with van der Waals surface area (Å²) in [5, 5.41) is 14.1. The Morgan fingerprint density at radius 2 is 1.77 bits per heavy atom. The average molecular weight is 439 g/mol. The summed E-state index contributed by atoms with van der Waals surface area (Å²) in [5.74, 6) is -0.349. The topological polar surface area (TPSA) is 41.9 Å². The van der Waals surface area contributed by atoms with Crippen LogP contribution in [0.5, 0.6) is 0 Å². The van der Waals surface area contributed by atoms with Gasteiger partial charge >= 0.3 is 0 Å². The molecule has 0 saturated heterocycles. The van der Waals surface area contributed by atoms with Crippen LogP contribution in [-0.4, -0.2) is 14.9 Å². The SMILES string of the molecule is Cc1nn(Cc2c(F)cccc2Cl)c(C)c1NC(=S)Nc1cccc2ccccc12. The highest BCUT2D eigenvalue weighted by atomic mass is 35.5. The van der Waals surface area contributed by atoms with Gasteiger partial charge in [0.15, 0.2) is 5.11 Å². The maximum absolute atomic E-state index is 14.2. The van der Waals surface area contributed by atoms with Crippen LogP contribution < -0.4 is 10.6 Å². The number of anilines is 2. The molecule has 0 saturated carbocycles. The van der Waals surface area contributed by atoms with Crippen molar-refractivity contribution in [3.8, 4) is 0 Å². The monoisotopic (exact) mass is 438 g/mol. The highest BCUT2D eigenvalue weighted by Gasteiger charge is 2.16. The molecule has 7 heteroatoms. The summed E-state index contributed by atoms with van der Waals surface area (Å²) in [6, 6.07) is 18.8. The first-order valence-corrected chi connectivity index (χ1v) is 10.3. The molecule has 4 aromatic rings. The van der Waals surface area contributed by atoms with Crippen molar-refractivity contribution >= 4 is 51.1 Å². The maximum Gasteiger partial charge on any atom is 0.175 e. The zero-order chi connectivity index (χ0) is 21.3. The second-order valence-corrected chi connectivity index (χ2v) is 7.82. The van der Waals surface area contributed by atoms with Crippen molar-refractivity contribution in [1.82, 2.24) is 9.78 Å². The number of nitrogens with one attached hydrogen (secondary N) is 2. The van der Waals surface area contributed by atoms with Gasteiger partial charge in [0.1, 0.15) is 5.82 Å². The van der Waals surface area contributed by atoms with Crippen molar-refractivity contribution < 1.29 is 4.39 Å². The van der Waals surface area contributed by atoms with Crippen LogP contribution in [0.3, 0.4) is 0 Å². The molecule has 0 unspecified atom stereocenters. The van der Waals surface area contributed by atoms with Crippen molar-refractivity contribution in [2.45, 2.75) is 20.4 Å². The minimum absolute atomic E-state index is 0.239. The summed E-state index contributed by atoms with van der Waals surface area (Å²) in [5.41, 5.74) is 3.73. The molecular weight excluding hydrogens is 419 g/mol. The summed E-state index contributed by atoms with van der Waals surface area (Å²) < 4.78 is 15.9. The quantitative estimate of drug-likeness (QED) is 0.367. The first kappa shape index (κ1) is 20.3. The summed E-state index contributed by atoms with van der Waals surface area (Å²) in [4.78, 5) is 0. The standard InChI is InChI=1S/C23H20ClFN4S/c1-14-22(15(2)29(28-14)13-18-19(24)10-6-11-20(18)25)27-23(30)26-21-12-5-8-16-7-3-4-9-17(16)21/h3-12H,13H2,1-2H3,(H2,26,27,30). The zero-order valence-electron chi connectivity index (χ0n) is 16.5. The molecule has 1 heterocycles. The third kappa shape index (κ3) is 4.01. The van der Waals surface area contributed by atoms with Gasteiger partial charge < -0.3 is 10.6 Å². The van der Waals surface area contributed by atoms with E-state index in [0.717, 1.165) is 33.5 Å². The lowest BCUT2D eigenvalue weighted by atomic mass is 10.1. The molecule has 152 valence electrons. The highest BCUT2D eigenvalue weighted by Crippen LogP contribution is 2.26. The molecule has 4 rings (SSSR count). The molecule has 0 fully saturated rings. The molecule has 0 bridgehead atoms. The Morgan fingerprint density at radius 1 is 1.03 bits per heavy atom. The maximum atomic E-state index is 14.2. The Labute approximate surface area is 184 Å². The van der Waals surface area contributed by atoms with Crippen LogP contribution in [0.1, 0.15) is 17.0 Å². The van der Waals surface area contributed by atoms with E-state index in [4.69, 9.17) is 23.8 Å². The van der Waals surface area contributed by atoms with Gasteiger partial charge in [-0.2, -0.15) is 5.10 Å². The number of aromatic nitrogens is 2. The van der Waals surface area contributed by atoms with Crippen molar-refractivity contribution in [2.24, 2.45) is 0 Å². The number of thiocarbonyl (C=S) groups is 1. The molecule has 30 heavy (non-hydrogen) atoms. The fraction of sp³-hybridized carbons (Fsp3) is 0.130. The molecule has 0 aliphatic heterocycles. The van der Waals surface area contributed by atoms with Crippen LogP contribution in [0, 0.1) is 19.7 Å². The zero-order valence-corrected chi connectivity index (χ0v) is 18.1. The lowest BCUT2D eigenvalue weighted by Crippen LogP contribution is -2.20. The van der Waals surface area contributed by atoms with Gasteiger partial charge in [-0.1, -0.05) is 54.1 Å². The van der Waals surface area contributed by atoms with Crippen LogP contribution >= 0.6 is 23.8 Å². The number of hydrogen-bond acceptors (Lipinski definition) is 2. The van der Waals surface area contributed by atoms with Crippen molar-refractivity contribution in [3.63, 3.8) is 0 Å². The van der Waals surface area contributed by atoms with Gasteiger partial charge in [-0.05, 0) is 49.7 Å². The highest BCUT2D eigenvalue weighted by molar-refractivity contribution is 7.80. The molecule has 0 spiro atoms. The van der Waals surface area contributed by atoms with E-state index in [1.807, 2.05) is 44.2 Å². The van der Waals surface area contributed by atoms with Crippen LogP contribution in [-0.2, 0) is 6.54 Å². The minimum Gasteiger partial charge on any atom is -0.332 e. The summed E-state index contributed by atoms with van der Waals surface area (Å²) in [6.07, 6.45) is 0. The summed E-state index contributed by atoms with van der Waals surface area (Å²) in [7, 11) is 0. The largest absolute Gasteiger partial charge is 0.332 e. The fourth-order valence-electron chi connectivity index (χ4n) is 3.47. The second-order valence-electron chi connectivity index (χ2n) is 7.01. The Balaban J connectivity index is 1.56. The average Bonchev–Trinajstić information content (AvgIpc) is 2.98. The third-order valence-electron chi connectivity index (χ3n) is 5.03. The fourth-order valence-corrected chi connectivity index (χ4v) is 3.90. The van der Waals surface area contributed by atoms with Crippen molar-refractivity contribution in [3.05, 3.63) is 88.5 Å². The molecule has 0 aliphatic carbocycles. The molecule has 1 aromatic heterocycles. The van der Waals surface area contributed by atoms with E-state index in [0.29, 0.717) is 15.7 Å². The van der Waals surface area contributed by atoms with E-state index in [1.54, 1.807) is 16.8 Å². The van der Waals surface area contributed by atoms with Crippen LogP contribution in [0.25, 0.3) is 10.8 Å². The Morgan fingerprint density at radius 3 is 2.57 bits per heavy atom. The van der Waals surface area contributed by atoms with Crippen LogP contribution in [0.15, 0.2) is 60.7 Å². The van der Waals surface area contributed by atoms with E-state index in [-0.39, 0.29) is 12.4 Å². The smallest absolute Gasteiger partial charge is 0.175 e. The molecule has 0 radical (unpaired) electrons. The molecule has 3 aromatic carbocycles. The van der Waals surface area contributed by atoms with E-state index in [1.165, 1.54) is 6.07 Å². The van der Waals surface area contributed by atoms with Crippen LogP contribution in [0.2, 0.25) is 5.02 Å². The normalized spacial score (nSPS) is 10.9. The van der Waals surface area contributed by atoms with Gasteiger partial charge in [-0.15, -0.1) is 0 Å². The van der Waals surface area contributed by atoms with Crippen LogP contribution in [0.4, 0.5) is 15.8 Å². The number of nitrogens with zero attached hydrogens (tertiary/aromatic N) is 2. The number of hydrogen-bond donors (Lipinski definition) is 2. The number of rotatable bonds is 4. The Bertz CT molecular complexity index is 1230. The van der Waals surface area contributed by atoms with E-state index >= 15 is 0 Å². The summed E-state index contributed by atoms with van der Waals surface area (Å²) in [6.45, 7) is 4.04. The Hall–Kier alpha value is -2.96. The van der Waals surface area contributed by atoms with Gasteiger partial charge in [0.2, 0.25) is 0 Å². The van der Waals surface area contributed by atoms with E-state index in [2.05, 4.69) is 27.9 Å². The molecule has 0 atom stereocenters. The number of benzene rings is 3. The van der Waals surface area contributed by atoms with Gasteiger partial charge in [0.25, 0.3) is 0 Å². The number of halogens is 2. The van der Waals surface area contributed by atoms with Gasteiger partial charge in [-0.25, -0.2) is 4.39 Å². The predicted molar refractivity (Wildman–Crippen MR) is 126 cm³/mol. The van der Waals surface area contributed by atoms with Gasteiger partial charge in [0.05, 0.1) is 23.6 Å². The second kappa shape index (κ2) is 8.42. The molecule has 2 N–H and O–H groups in total. The number of fused-ring (bicyclic) bond motifs is 1. The minimum atomic E-state index is -0.349. The molecular formula is C23H20ClFN4S. The van der Waals surface area contributed by atoms with Crippen molar-refractivity contribution in [2.75, 3.05) is 10.6 Å². The third-order valence-corrected chi connectivity index (χ3v) is 5.59.